The van der Waals surface area contributed by atoms with Crippen LogP contribution in [0, 0.1) is 17.5 Å². The van der Waals surface area contributed by atoms with Gasteiger partial charge < -0.3 is 5.11 Å². The van der Waals surface area contributed by atoms with Crippen LogP contribution < -0.4 is 0 Å². The lowest BCUT2D eigenvalue weighted by atomic mass is 10.0. The fraction of sp³-hybridized carbons (Fsp3) is 0. The van der Waals surface area contributed by atoms with Crippen LogP contribution >= 0.6 is 0 Å². The summed E-state index contributed by atoms with van der Waals surface area (Å²) in [6.45, 7) is 0. The molecule has 1 N–H and O–H groups in total. The molecule has 2 nitrogen and oxygen atoms in total. The fourth-order valence-corrected chi connectivity index (χ4v) is 1.62. The van der Waals surface area contributed by atoms with Crippen LogP contribution in [0.25, 0.3) is 11.1 Å². The van der Waals surface area contributed by atoms with Gasteiger partial charge in [-0.25, -0.2) is 18.0 Å². The van der Waals surface area contributed by atoms with E-state index in [1.807, 2.05) is 0 Å². The molecule has 0 spiro atoms. The Labute approximate surface area is 100 Å². The van der Waals surface area contributed by atoms with E-state index in [1.54, 1.807) is 0 Å². The summed E-state index contributed by atoms with van der Waals surface area (Å²) in [5, 5.41) is 8.75. The fourth-order valence-electron chi connectivity index (χ4n) is 1.62. The first-order valence-electron chi connectivity index (χ1n) is 4.98. The average molecular weight is 252 g/mol. The number of carbonyl (C=O) groups is 1. The molecule has 0 aliphatic rings. The van der Waals surface area contributed by atoms with E-state index in [2.05, 4.69) is 0 Å². The number of rotatable bonds is 2. The van der Waals surface area contributed by atoms with Crippen molar-refractivity contribution in [2.75, 3.05) is 0 Å². The number of hydrogen-bond donors (Lipinski definition) is 1. The zero-order valence-corrected chi connectivity index (χ0v) is 8.95. The summed E-state index contributed by atoms with van der Waals surface area (Å²) in [6.07, 6.45) is 0. The molecule has 0 aromatic heterocycles. The predicted molar refractivity (Wildman–Crippen MR) is 58.7 cm³/mol. The molecule has 2 aromatic carbocycles. The minimum Gasteiger partial charge on any atom is -0.478 e. The number of aromatic carboxylic acids is 1. The summed E-state index contributed by atoms with van der Waals surface area (Å²) in [5.41, 5.74) is -1.03. The highest BCUT2D eigenvalue weighted by molar-refractivity contribution is 5.89. The van der Waals surface area contributed by atoms with Gasteiger partial charge in [0.15, 0.2) is 0 Å². The molecule has 0 fully saturated rings. The molecule has 0 atom stereocenters. The lowest BCUT2D eigenvalue weighted by molar-refractivity contribution is 0.0692. The van der Waals surface area contributed by atoms with Crippen LogP contribution in [0.2, 0.25) is 0 Å². The second kappa shape index (κ2) is 4.52. The normalized spacial score (nSPS) is 10.4. The van der Waals surface area contributed by atoms with Crippen LogP contribution in [-0.4, -0.2) is 11.1 Å². The van der Waals surface area contributed by atoms with Crippen molar-refractivity contribution in [1.82, 2.24) is 0 Å². The third kappa shape index (κ3) is 2.07. The van der Waals surface area contributed by atoms with Crippen LogP contribution in [0.5, 0.6) is 0 Å². The van der Waals surface area contributed by atoms with E-state index in [4.69, 9.17) is 5.11 Å². The Hall–Kier alpha value is -2.30. The zero-order valence-electron chi connectivity index (χ0n) is 8.95. The predicted octanol–water partition coefficient (Wildman–Crippen LogP) is 3.47. The minimum atomic E-state index is -1.49. The van der Waals surface area contributed by atoms with Crippen molar-refractivity contribution in [3.63, 3.8) is 0 Å². The molecule has 2 rings (SSSR count). The van der Waals surface area contributed by atoms with Gasteiger partial charge in [0.1, 0.15) is 17.5 Å². The Morgan fingerprint density at radius 2 is 1.56 bits per heavy atom. The van der Waals surface area contributed by atoms with E-state index in [9.17, 15) is 18.0 Å². The monoisotopic (exact) mass is 252 g/mol. The van der Waals surface area contributed by atoms with Crippen molar-refractivity contribution < 1.29 is 23.1 Å². The molecule has 18 heavy (non-hydrogen) atoms. The van der Waals surface area contributed by atoms with Crippen molar-refractivity contribution in [2.45, 2.75) is 0 Å². The molecular formula is C13H7F3O2. The maximum atomic E-state index is 13.5. The quantitative estimate of drug-likeness (QED) is 0.888. The van der Waals surface area contributed by atoms with Crippen LogP contribution in [0.15, 0.2) is 36.4 Å². The molecule has 0 unspecified atom stereocenters. The molecule has 5 heteroatoms. The number of halogens is 3. The van der Waals surface area contributed by atoms with Crippen molar-refractivity contribution in [3.8, 4) is 11.1 Å². The Morgan fingerprint density at radius 3 is 2.11 bits per heavy atom. The van der Waals surface area contributed by atoms with Gasteiger partial charge in [-0.2, -0.15) is 0 Å². The molecule has 0 aliphatic carbocycles. The first-order valence-corrected chi connectivity index (χ1v) is 4.98. The lowest BCUT2D eigenvalue weighted by Crippen LogP contribution is -2.01. The van der Waals surface area contributed by atoms with Crippen LogP contribution in [0.3, 0.4) is 0 Å². The first-order chi connectivity index (χ1) is 8.50. The summed E-state index contributed by atoms with van der Waals surface area (Å²) in [6, 6.07) is 6.17. The second-order valence-corrected chi connectivity index (χ2v) is 3.60. The van der Waals surface area contributed by atoms with Gasteiger partial charge in [0.2, 0.25) is 0 Å². The van der Waals surface area contributed by atoms with Crippen LogP contribution in [0.4, 0.5) is 13.2 Å². The van der Waals surface area contributed by atoms with Crippen LogP contribution in [-0.2, 0) is 0 Å². The molecule has 2 aromatic rings. The zero-order chi connectivity index (χ0) is 13.3. The molecule has 0 heterocycles. The topological polar surface area (TPSA) is 37.3 Å². The Bertz CT molecular complexity index is 603. The Balaban J connectivity index is 2.65. The molecule has 0 saturated heterocycles. The van der Waals surface area contributed by atoms with Gasteiger partial charge in [0.05, 0.1) is 11.1 Å². The Kier molecular flexibility index (Phi) is 3.06. The van der Waals surface area contributed by atoms with Gasteiger partial charge in [-0.15, -0.1) is 0 Å². The second-order valence-electron chi connectivity index (χ2n) is 3.60. The van der Waals surface area contributed by atoms with Crippen molar-refractivity contribution in [1.29, 1.82) is 0 Å². The van der Waals surface area contributed by atoms with Crippen molar-refractivity contribution in [3.05, 3.63) is 59.4 Å². The van der Waals surface area contributed by atoms with Gasteiger partial charge in [-0.3, -0.25) is 0 Å². The SMILES string of the molecule is O=C(O)c1cc(-c2c(F)cccc2F)ccc1F. The largest absolute Gasteiger partial charge is 0.478 e. The van der Waals surface area contributed by atoms with E-state index >= 15 is 0 Å². The third-order valence-electron chi connectivity index (χ3n) is 2.45. The van der Waals surface area contributed by atoms with Crippen molar-refractivity contribution in [2.24, 2.45) is 0 Å². The highest BCUT2D eigenvalue weighted by Crippen LogP contribution is 2.27. The van der Waals surface area contributed by atoms with Crippen LogP contribution in [0.1, 0.15) is 10.4 Å². The van der Waals surface area contributed by atoms with Gasteiger partial charge in [0, 0.05) is 0 Å². The third-order valence-corrected chi connectivity index (χ3v) is 2.45. The van der Waals surface area contributed by atoms with E-state index in [0.29, 0.717) is 0 Å². The lowest BCUT2D eigenvalue weighted by Gasteiger charge is -2.06. The molecule has 0 saturated carbocycles. The summed E-state index contributed by atoms with van der Waals surface area (Å²) in [5.74, 6) is -4.12. The smallest absolute Gasteiger partial charge is 0.338 e. The maximum Gasteiger partial charge on any atom is 0.338 e. The van der Waals surface area contributed by atoms with E-state index in [0.717, 1.165) is 30.3 Å². The molecule has 0 aliphatic heterocycles. The minimum absolute atomic E-state index is 0.0237. The molecule has 92 valence electrons. The van der Waals surface area contributed by atoms with Gasteiger partial charge in [-0.05, 0) is 29.8 Å². The first kappa shape index (κ1) is 12.2. The number of carboxylic acid groups (broad SMARTS) is 1. The van der Waals surface area contributed by atoms with E-state index in [1.165, 1.54) is 6.07 Å². The molecule has 0 radical (unpaired) electrons. The standard InChI is InChI=1S/C13H7F3O2/c14-9-5-4-7(6-8(9)13(17)18)12-10(15)2-1-3-11(12)16/h1-6H,(H,17,18). The number of carboxylic acids is 1. The van der Waals surface area contributed by atoms with E-state index in [-0.39, 0.29) is 11.1 Å². The summed E-state index contributed by atoms with van der Waals surface area (Å²) in [4.78, 5) is 10.7. The average Bonchev–Trinajstić information content (AvgIpc) is 2.30. The van der Waals surface area contributed by atoms with Gasteiger partial charge in [0.25, 0.3) is 0 Å². The van der Waals surface area contributed by atoms with Gasteiger partial charge in [-0.1, -0.05) is 12.1 Å². The maximum absolute atomic E-state index is 13.5. The highest BCUT2D eigenvalue weighted by Gasteiger charge is 2.16. The summed E-state index contributed by atoms with van der Waals surface area (Å²) in [7, 11) is 0. The summed E-state index contributed by atoms with van der Waals surface area (Å²) < 4.78 is 40.1. The highest BCUT2D eigenvalue weighted by atomic mass is 19.1. The summed E-state index contributed by atoms with van der Waals surface area (Å²) >= 11 is 0. The Morgan fingerprint density at radius 1 is 0.944 bits per heavy atom. The number of benzene rings is 2. The van der Waals surface area contributed by atoms with Crippen molar-refractivity contribution >= 4 is 5.97 Å². The number of hydrogen-bond acceptors (Lipinski definition) is 1. The molecular weight excluding hydrogens is 245 g/mol. The molecule has 0 bridgehead atoms. The van der Waals surface area contributed by atoms with E-state index < -0.39 is 29.0 Å². The van der Waals surface area contributed by atoms with Gasteiger partial charge >= 0.3 is 5.97 Å². The molecule has 0 amide bonds.